The number of para-hydroxylation sites is 1. The quantitative estimate of drug-likeness (QED) is 0.468. The fourth-order valence-electron chi connectivity index (χ4n) is 3.74. The maximum absolute atomic E-state index is 5.14. The zero-order chi connectivity index (χ0) is 21.7. The SMILES string of the molecule is CCc1cccc(-c2cccc(C(NC(C)(C)C)c3ccccc3)n2)c1NC(C)C. The number of nitrogens with one attached hydrogen (secondary N) is 2. The molecule has 1 aromatic heterocycles. The zero-order valence-corrected chi connectivity index (χ0v) is 19.2. The van der Waals surface area contributed by atoms with E-state index in [2.05, 4.69) is 119 Å². The Kier molecular flexibility index (Phi) is 6.94. The summed E-state index contributed by atoms with van der Waals surface area (Å²) < 4.78 is 0. The highest BCUT2D eigenvalue weighted by molar-refractivity contribution is 5.78. The molecule has 30 heavy (non-hydrogen) atoms. The van der Waals surface area contributed by atoms with E-state index in [4.69, 9.17) is 4.98 Å². The maximum Gasteiger partial charge on any atom is 0.0755 e. The van der Waals surface area contributed by atoms with Gasteiger partial charge in [-0.25, -0.2) is 0 Å². The lowest BCUT2D eigenvalue weighted by Crippen LogP contribution is -2.39. The van der Waals surface area contributed by atoms with Crippen LogP contribution in [0.25, 0.3) is 11.3 Å². The minimum atomic E-state index is -0.0370. The summed E-state index contributed by atoms with van der Waals surface area (Å²) in [6.45, 7) is 13.1. The van der Waals surface area contributed by atoms with Crippen molar-refractivity contribution in [2.45, 2.75) is 65.6 Å². The van der Waals surface area contributed by atoms with E-state index >= 15 is 0 Å². The fourth-order valence-corrected chi connectivity index (χ4v) is 3.74. The van der Waals surface area contributed by atoms with Crippen LogP contribution < -0.4 is 10.6 Å². The van der Waals surface area contributed by atoms with E-state index in [-0.39, 0.29) is 11.6 Å². The lowest BCUT2D eigenvalue weighted by Gasteiger charge is -2.29. The van der Waals surface area contributed by atoms with Crippen molar-refractivity contribution in [3.8, 4) is 11.3 Å². The normalized spacial score (nSPS) is 12.8. The van der Waals surface area contributed by atoms with E-state index in [1.165, 1.54) is 16.8 Å². The Labute approximate surface area is 182 Å². The molecule has 3 heteroatoms. The molecule has 0 saturated carbocycles. The number of aryl methyl sites for hydroxylation is 1. The Balaban J connectivity index is 2.09. The molecule has 1 heterocycles. The molecule has 3 nitrogen and oxygen atoms in total. The van der Waals surface area contributed by atoms with Gasteiger partial charge in [-0.05, 0) is 64.3 Å². The molecule has 0 radical (unpaired) electrons. The van der Waals surface area contributed by atoms with Crippen molar-refractivity contribution in [3.63, 3.8) is 0 Å². The van der Waals surface area contributed by atoms with Crippen molar-refractivity contribution >= 4 is 5.69 Å². The van der Waals surface area contributed by atoms with Crippen molar-refractivity contribution < 1.29 is 0 Å². The average Bonchev–Trinajstić information content (AvgIpc) is 2.72. The third-order valence-corrected chi connectivity index (χ3v) is 5.02. The summed E-state index contributed by atoms with van der Waals surface area (Å²) in [6, 6.07) is 23.8. The second-order valence-corrected chi connectivity index (χ2v) is 9.18. The van der Waals surface area contributed by atoms with Crippen LogP contribution in [-0.4, -0.2) is 16.6 Å². The Bertz CT molecular complexity index is 955. The highest BCUT2D eigenvalue weighted by Crippen LogP contribution is 2.32. The monoisotopic (exact) mass is 401 g/mol. The number of hydrogen-bond donors (Lipinski definition) is 2. The smallest absolute Gasteiger partial charge is 0.0755 e. The molecule has 0 fully saturated rings. The molecule has 1 atom stereocenters. The van der Waals surface area contributed by atoms with Gasteiger partial charge in [-0.15, -0.1) is 0 Å². The second-order valence-electron chi connectivity index (χ2n) is 9.18. The number of hydrogen-bond acceptors (Lipinski definition) is 3. The molecule has 0 aliphatic rings. The number of benzene rings is 2. The summed E-state index contributed by atoms with van der Waals surface area (Å²) in [4.78, 5) is 5.14. The van der Waals surface area contributed by atoms with E-state index < -0.39 is 0 Å². The average molecular weight is 402 g/mol. The minimum absolute atomic E-state index is 0.0296. The maximum atomic E-state index is 5.14. The first-order valence-corrected chi connectivity index (χ1v) is 11.0. The lowest BCUT2D eigenvalue weighted by atomic mass is 9.97. The second kappa shape index (κ2) is 9.44. The van der Waals surface area contributed by atoms with Crippen molar-refractivity contribution in [3.05, 3.63) is 83.6 Å². The van der Waals surface area contributed by atoms with E-state index in [1.807, 2.05) is 0 Å². The number of pyridine rings is 1. The van der Waals surface area contributed by atoms with Gasteiger partial charge in [-0.1, -0.05) is 61.5 Å². The van der Waals surface area contributed by atoms with Gasteiger partial charge >= 0.3 is 0 Å². The number of rotatable bonds is 7. The molecule has 0 spiro atoms. The lowest BCUT2D eigenvalue weighted by molar-refractivity contribution is 0.387. The van der Waals surface area contributed by atoms with Crippen LogP contribution in [0.4, 0.5) is 5.69 Å². The molecular formula is C27H35N3. The standard InChI is InChI=1S/C27H35N3/c1-7-20-15-11-16-22(25(20)28-19(2)3)23-17-12-18-24(29-23)26(30-27(4,5)6)21-13-9-8-10-14-21/h8-19,26,28,30H,7H2,1-6H3. The largest absolute Gasteiger partial charge is 0.382 e. The third-order valence-electron chi connectivity index (χ3n) is 5.02. The number of nitrogens with zero attached hydrogens (tertiary/aromatic N) is 1. The zero-order valence-electron chi connectivity index (χ0n) is 19.2. The van der Waals surface area contributed by atoms with Crippen molar-refractivity contribution in [2.24, 2.45) is 0 Å². The van der Waals surface area contributed by atoms with Crippen LogP contribution >= 0.6 is 0 Å². The van der Waals surface area contributed by atoms with Crippen LogP contribution in [0.5, 0.6) is 0 Å². The van der Waals surface area contributed by atoms with Crippen molar-refractivity contribution in [2.75, 3.05) is 5.32 Å². The van der Waals surface area contributed by atoms with Gasteiger partial charge in [0, 0.05) is 22.8 Å². The predicted octanol–water partition coefficient (Wildman–Crippen LogP) is 6.61. The van der Waals surface area contributed by atoms with Gasteiger partial charge in [0.25, 0.3) is 0 Å². The Hall–Kier alpha value is -2.65. The Morgan fingerprint density at radius 3 is 2.20 bits per heavy atom. The van der Waals surface area contributed by atoms with E-state index in [1.54, 1.807) is 0 Å². The van der Waals surface area contributed by atoms with Crippen LogP contribution in [0.15, 0.2) is 66.7 Å². The van der Waals surface area contributed by atoms with Crippen LogP contribution in [0, 0.1) is 0 Å². The third kappa shape index (κ3) is 5.48. The summed E-state index contributed by atoms with van der Waals surface area (Å²) >= 11 is 0. The summed E-state index contributed by atoms with van der Waals surface area (Å²) in [6.07, 6.45) is 0.987. The van der Waals surface area contributed by atoms with Gasteiger partial charge in [-0.2, -0.15) is 0 Å². The molecule has 3 aromatic rings. The first-order valence-electron chi connectivity index (χ1n) is 11.0. The summed E-state index contributed by atoms with van der Waals surface area (Å²) in [5, 5.41) is 7.41. The van der Waals surface area contributed by atoms with Gasteiger partial charge in [0.15, 0.2) is 0 Å². The van der Waals surface area contributed by atoms with Gasteiger partial charge < -0.3 is 10.6 Å². The van der Waals surface area contributed by atoms with Gasteiger partial charge in [0.05, 0.1) is 17.4 Å². The van der Waals surface area contributed by atoms with Crippen LogP contribution in [-0.2, 0) is 6.42 Å². The molecule has 2 N–H and O–H groups in total. The van der Waals surface area contributed by atoms with Gasteiger partial charge in [-0.3, -0.25) is 4.98 Å². The van der Waals surface area contributed by atoms with Crippen LogP contribution in [0.3, 0.4) is 0 Å². The summed E-state index contributed by atoms with van der Waals surface area (Å²) in [7, 11) is 0. The van der Waals surface area contributed by atoms with Crippen molar-refractivity contribution in [1.29, 1.82) is 0 Å². The summed E-state index contributed by atoms with van der Waals surface area (Å²) in [5.41, 5.74) is 6.89. The minimum Gasteiger partial charge on any atom is -0.382 e. The molecule has 158 valence electrons. The van der Waals surface area contributed by atoms with E-state index in [0.717, 1.165) is 23.4 Å². The first-order chi connectivity index (χ1) is 14.3. The Morgan fingerprint density at radius 2 is 1.57 bits per heavy atom. The molecule has 3 rings (SSSR count). The molecule has 0 aliphatic carbocycles. The number of anilines is 1. The molecular weight excluding hydrogens is 366 g/mol. The van der Waals surface area contributed by atoms with Gasteiger partial charge in [0.1, 0.15) is 0 Å². The number of aromatic nitrogens is 1. The fraction of sp³-hybridized carbons (Fsp3) is 0.370. The Morgan fingerprint density at radius 1 is 0.867 bits per heavy atom. The molecule has 0 saturated heterocycles. The highest BCUT2D eigenvalue weighted by atomic mass is 15.0. The molecule has 0 aliphatic heterocycles. The summed E-state index contributed by atoms with van der Waals surface area (Å²) in [5.74, 6) is 0. The molecule has 0 amide bonds. The molecule has 0 bridgehead atoms. The van der Waals surface area contributed by atoms with E-state index in [9.17, 15) is 0 Å². The van der Waals surface area contributed by atoms with Crippen LogP contribution in [0.1, 0.15) is 64.4 Å². The predicted molar refractivity (Wildman–Crippen MR) is 129 cm³/mol. The topological polar surface area (TPSA) is 37.0 Å². The highest BCUT2D eigenvalue weighted by Gasteiger charge is 2.22. The first kappa shape index (κ1) is 22.0. The van der Waals surface area contributed by atoms with E-state index in [0.29, 0.717) is 6.04 Å². The molecule has 2 aromatic carbocycles. The van der Waals surface area contributed by atoms with Crippen LogP contribution in [0.2, 0.25) is 0 Å². The van der Waals surface area contributed by atoms with Crippen molar-refractivity contribution in [1.82, 2.24) is 10.3 Å². The van der Waals surface area contributed by atoms with Gasteiger partial charge in [0.2, 0.25) is 0 Å². The molecule has 1 unspecified atom stereocenters.